The van der Waals surface area contributed by atoms with Crippen molar-refractivity contribution in [2.45, 2.75) is 6.92 Å². The van der Waals surface area contributed by atoms with E-state index in [0.29, 0.717) is 0 Å². The van der Waals surface area contributed by atoms with Crippen molar-refractivity contribution in [1.29, 1.82) is 0 Å². The van der Waals surface area contributed by atoms with Crippen LogP contribution < -0.4 is 0 Å². The minimum absolute atomic E-state index is 0.992. The van der Waals surface area contributed by atoms with E-state index in [2.05, 4.69) is 17.6 Å². The van der Waals surface area contributed by atoms with Crippen LogP contribution in [-0.2, 0) is 0 Å². The van der Waals surface area contributed by atoms with Crippen LogP contribution in [-0.4, -0.2) is 6.21 Å². The molecule has 0 saturated carbocycles. The normalized spacial score (nSPS) is 16.1. The molecule has 2 heteroatoms. The zero-order valence-corrected chi connectivity index (χ0v) is 11.4. The molecule has 0 saturated heterocycles. The van der Waals surface area contributed by atoms with Crippen molar-refractivity contribution in [3.05, 3.63) is 83.9 Å². The van der Waals surface area contributed by atoms with Crippen LogP contribution in [0.5, 0.6) is 0 Å². The summed E-state index contributed by atoms with van der Waals surface area (Å²) in [6.45, 7) is 9.70. The number of hydrogen-bond acceptors (Lipinski definition) is 2. The Morgan fingerprint density at radius 3 is 3.00 bits per heavy atom. The quantitative estimate of drug-likeness (QED) is 0.499. The molecule has 0 spiro atoms. The van der Waals surface area contributed by atoms with Gasteiger partial charge in [0.15, 0.2) is 0 Å². The fraction of sp³-hybridized carbons (Fsp3) is 0.0625. The Morgan fingerprint density at radius 2 is 2.22 bits per heavy atom. The first-order valence-electron chi connectivity index (χ1n) is 5.63. The summed E-state index contributed by atoms with van der Waals surface area (Å²) in [4.78, 5) is 0. The predicted octanol–water partition coefficient (Wildman–Crippen LogP) is 4.96. The summed E-state index contributed by atoms with van der Waals surface area (Å²) in [6.07, 6.45) is 17.4. The van der Waals surface area contributed by atoms with Gasteiger partial charge in [-0.3, -0.25) is 0 Å². The molecule has 0 aromatic heterocycles. The van der Waals surface area contributed by atoms with E-state index in [-0.39, 0.29) is 0 Å². The molecule has 0 amide bonds. The predicted molar refractivity (Wildman–Crippen MR) is 84.7 cm³/mol. The van der Waals surface area contributed by atoms with Gasteiger partial charge in [0.25, 0.3) is 0 Å². The minimum Gasteiger partial charge on any atom is -0.220 e. The second kappa shape index (κ2) is 8.31. The van der Waals surface area contributed by atoms with Gasteiger partial charge < -0.3 is 0 Å². The fourth-order valence-corrected chi connectivity index (χ4v) is 1.60. The molecule has 0 radical (unpaired) electrons. The molecule has 1 aliphatic rings. The summed E-state index contributed by atoms with van der Waals surface area (Å²) in [6, 6.07) is 0. The zero-order valence-electron chi connectivity index (χ0n) is 10.5. The van der Waals surface area contributed by atoms with E-state index in [0.717, 1.165) is 16.7 Å². The van der Waals surface area contributed by atoms with Crippen LogP contribution in [0.1, 0.15) is 6.92 Å². The summed E-state index contributed by atoms with van der Waals surface area (Å²) in [5.41, 5.74) is 3.23. The van der Waals surface area contributed by atoms with Gasteiger partial charge in [0.2, 0.25) is 0 Å². The monoisotopic (exact) mass is 255 g/mol. The Hall–Kier alpha value is -1.80. The highest BCUT2D eigenvalue weighted by molar-refractivity contribution is 8.01. The van der Waals surface area contributed by atoms with Crippen molar-refractivity contribution in [2.24, 2.45) is 4.40 Å². The molecule has 0 aromatic rings. The number of rotatable bonds is 5. The molecule has 0 aromatic carbocycles. The van der Waals surface area contributed by atoms with Gasteiger partial charge in [-0.1, -0.05) is 49.6 Å². The Labute approximate surface area is 114 Å². The Kier molecular flexibility index (Phi) is 6.59. The number of allylic oxidation sites excluding steroid dienone is 11. The fourth-order valence-electron chi connectivity index (χ4n) is 1.18. The van der Waals surface area contributed by atoms with E-state index in [1.807, 2.05) is 54.9 Å². The molecule has 18 heavy (non-hydrogen) atoms. The molecule has 92 valence electrons. The summed E-state index contributed by atoms with van der Waals surface area (Å²) in [7, 11) is 0. The maximum atomic E-state index is 4.08. The molecule has 0 unspecified atom stereocenters. The van der Waals surface area contributed by atoms with Crippen LogP contribution in [0.2, 0.25) is 0 Å². The van der Waals surface area contributed by atoms with Crippen LogP contribution in [0.3, 0.4) is 0 Å². The zero-order chi connectivity index (χ0) is 13.2. The standard InChI is InChI=1S/C16H17NS/c1-4-5-6-7-14(2)15(3)8-9-16-10-12-17-18-13-11-16/h4-13H,1,3H2,2H3/b6-5-,9-8+,14-7+. The number of hydrogen-bond donors (Lipinski definition) is 0. The van der Waals surface area contributed by atoms with Crippen molar-refractivity contribution in [3.63, 3.8) is 0 Å². The first-order chi connectivity index (χ1) is 8.74. The smallest absolute Gasteiger partial charge is 0.0361 e. The highest BCUT2D eigenvalue weighted by Crippen LogP contribution is 2.14. The summed E-state index contributed by atoms with van der Waals surface area (Å²) < 4.78 is 4.08. The van der Waals surface area contributed by atoms with Crippen LogP contribution in [0, 0.1) is 0 Å². The third-order valence-electron chi connectivity index (χ3n) is 2.29. The van der Waals surface area contributed by atoms with Crippen molar-refractivity contribution < 1.29 is 0 Å². The lowest BCUT2D eigenvalue weighted by atomic mass is 10.1. The van der Waals surface area contributed by atoms with E-state index in [9.17, 15) is 0 Å². The molecular formula is C16H17NS. The molecule has 0 aliphatic carbocycles. The van der Waals surface area contributed by atoms with Crippen molar-refractivity contribution >= 4 is 18.2 Å². The van der Waals surface area contributed by atoms with Gasteiger partial charge in [-0.2, -0.15) is 0 Å². The molecule has 1 aliphatic heterocycles. The van der Waals surface area contributed by atoms with Crippen LogP contribution >= 0.6 is 11.9 Å². The van der Waals surface area contributed by atoms with Crippen molar-refractivity contribution in [3.8, 4) is 0 Å². The van der Waals surface area contributed by atoms with Gasteiger partial charge >= 0.3 is 0 Å². The van der Waals surface area contributed by atoms with Gasteiger partial charge in [-0.05, 0) is 41.2 Å². The van der Waals surface area contributed by atoms with Crippen molar-refractivity contribution in [1.82, 2.24) is 0 Å². The van der Waals surface area contributed by atoms with Gasteiger partial charge in [0.1, 0.15) is 0 Å². The van der Waals surface area contributed by atoms with E-state index in [1.54, 1.807) is 12.3 Å². The van der Waals surface area contributed by atoms with E-state index < -0.39 is 0 Å². The minimum atomic E-state index is 0.992. The average Bonchev–Trinajstić information content (AvgIpc) is 2.64. The third kappa shape index (κ3) is 5.51. The highest BCUT2D eigenvalue weighted by atomic mass is 32.2. The van der Waals surface area contributed by atoms with Crippen LogP contribution in [0.15, 0.2) is 88.3 Å². The van der Waals surface area contributed by atoms with Crippen molar-refractivity contribution in [2.75, 3.05) is 0 Å². The SMILES string of the molecule is C=C/C=C\C=C(/C)C(=C)/C=C/C1=CC=NSC=C1. The Morgan fingerprint density at radius 1 is 1.39 bits per heavy atom. The summed E-state index contributed by atoms with van der Waals surface area (Å²) in [5.74, 6) is 0. The molecule has 0 N–H and O–H groups in total. The molecule has 0 atom stereocenters. The first kappa shape index (κ1) is 14.3. The maximum absolute atomic E-state index is 4.08. The van der Waals surface area contributed by atoms with Crippen LogP contribution in [0.25, 0.3) is 0 Å². The van der Waals surface area contributed by atoms with Gasteiger partial charge in [-0.25, -0.2) is 4.40 Å². The second-order valence-corrected chi connectivity index (χ2v) is 4.35. The molecule has 1 rings (SSSR count). The number of nitrogens with zero attached hydrogens (tertiary/aromatic N) is 1. The molecule has 1 heterocycles. The lowest BCUT2D eigenvalue weighted by Crippen LogP contribution is -1.79. The molecule has 0 bridgehead atoms. The first-order valence-corrected chi connectivity index (χ1v) is 6.47. The molecule has 0 fully saturated rings. The lowest BCUT2D eigenvalue weighted by Gasteiger charge is -1.98. The molecule has 1 nitrogen and oxygen atoms in total. The van der Waals surface area contributed by atoms with Gasteiger partial charge in [0, 0.05) is 18.2 Å². The van der Waals surface area contributed by atoms with E-state index in [4.69, 9.17) is 0 Å². The van der Waals surface area contributed by atoms with Gasteiger partial charge in [0.05, 0.1) is 0 Å². The summed E-state index contributed by atoms with van der Waals surface area (Å²) in [5, 5.41) is 1.96. The Balaban J connectivity index is 2.66. The summed E-state index contributed by atoms with van der Waals surface area (Å²) >= 11 is 1.42. The maximum Gasteiger partial charge on any atom is 0.0361 e. The highest BCUT2D eigenvalue weighted by Gasteiger charge is 1.92. The third-order valence-corrected chi connectivity index (χ3v) is 2.79. The molecular weight excluding hydrogens is 238 g/mol. The topological polar surface area (TPSA) is 12.4 Å². The second-order valence-electron chi connectivity index (χ2n) is 3.66. The van der Waals surface area contributed by atoms with E-state index >= 15 is 0 Å². The van der Waals surface area contributed by atoms with Gasteiger partial charge in [-0.15, -0.1) is 0 Å². The van der Waals surface area contributed by atoms with Crippen LogP contribution in [0.4, 0.5) is 0 Å². The lowest BCUT2D eigenvalue weighted by molar-refractivity contribution is 1.44. The van der Waals surface area contributed by atoms with E-state index in [1.165, 1.54) is 11.9 Å². The Bertz CT molecular complexity index is 485. The average molecular weight is 255 g/mol. The largest absolute Gasteiger partial charge is 0.220 e.